The van der Waals surface area contributed by atoms with E-state index in [1.54, 1.807) is 42.5 Å². The molecule has 0 atom stereocenters. The van der Waals surface area contributed by atoms with Crippen molar-refractivity contribution in [2.45, 2.75) is 0 Å². The minimum atomic E-state index is -0.315. The molecule has 0 radical (unpaired) electrons. The van der Waals surface area contributed by atoms with Crippen LogP contribution in [0, 0.1) is 0 Å². The zero-order chi connectivity index (χ0) is 20.4. The lowest BCUT2D eigenvalue weighted by atomic mass is 10.2. The predicted octanol–water partition coefficient (Wildman–Crippen LogP) is 3.13. The van der Waals surface area contributed by atoms with Crippen molar-refractivity contribution in [3.8, 4) is 5.75 Å². The van der Waals surface area contributed by atoms with Crippen molar-refractivity contribution in [2.24, 2.45) is 0 Å². The van der Waals surface area contributed by atoms with Gasteiger partial charge in [-0.15, -0.1) is 0 Å². The maximum absolute atomic E-state index is 12.4. The number of ether oxygens (including phenoxy) is 1. The number of carbonyl (C=O) groups excluding carboxylic acids is 1. The predicted molar refractivity (Wildman–Crippen MR) is 116 cm³/mol. The molecule has 1 N–H and O–H groups in total. The number of nitrogens with zero attached hydrogens (tertiary/aromatic N) is 3. The summed E-state index contributed by atoms with van der Waals surface area (Å²) >= 11 is 10.5. The number of hydrogen-bond acceptors (Lipinski definition) is 6. The Morgan fingerprint density at radius 1 is 1.28 bits per heavy atom. The van der Waals surface area contributed by atoms with Crippen molar-refractivity contribution >= 4 is 61.5 Å². The Morgan fingerprint density at radius 2 is 2.07 bits per heavy atom. The standard InChI is InChI=1S/C19H12BrClN4O3S/c20-12-1-6-15(28-9-17(26)24-14-4-2-13(21)3-5-14)11(7-12)8-16-18(27)25-19(29-16)22-10-23-25/h1-8,10H,9H2,(H,24,26)/b16-8-. The summed E-state index contributed by atoms with van der Waals surface area (Å²) < 4.78 is 8.22. The van der Waals surface area contributed by atoms with Crippen molar-refractivity contribution < 1.29 is 9.53 Å². The van der Waals surface area contributed by atoms with Gasteiger partial charge in [-0.05, 0) is 48.5 Å². The largest absolute Gasteiger partial charge is 0.483 e. The SMILES string of the molecule is O=C(COc1ccc(Br)cc1/C=c1\sc2ncnn2c1=O)Nc1ccc(Cl)cc1. The molecule has 146 valence electrons. The van der Waals surface area contributed by atoms with E-state index >= 15 is 0 Å². The number of fused-ring (bicyclic) bond motifs is 1. The molecular formula is C19H12BrClN4O3S. The molecule has 2 aromatic carbocycles. The van der Waals surface area contributed by atoms with Gasteiger partial charge in [0.15, 0.2) is 6.61 Å². The van der Waals surface area contributed by atoms with E-state index in [-0.39, 0.29) is 18.1 Å². The van der Waals surface area contributed by atoms with Gasteiger partial charge in [0.05, 0.1) is 4.53 Å². The normalized spacial score (nSPS) is 11.7. The van der Waals surface area contributed by atoms with Crippen LogP contribution in [0.4, 0.5) is 5.69 Å². The fraction of sp³-hybridized carbons (Fsp3) is 0.0526. The Balaban J connectivity index is 1.55. The number of benzene rings is 2. The average molecular weight is 492 g/mol. The smallest absolute Gasteiger partial charge is 0.291 e. The van der Waals surface area contributed by atoms with E-state index < -0.39 is 0 Å². The second-order valence-corrected chi connectivity index (χ2v) is 8.26. The Morgan fingerprint density at radius 3 is 2.83 bits per heavy atom. The summed E-state index contributed by atoms with van der Waals surface area (Å²) in [6.45, 7) is -0.190. The second kappa shape index (κ2) is 8.32. The first-order valence-electron chi connectivity index (χ1n) is 8.31. The highest BCUT2D eigenvalue weighted by atomic mass is 79.9. The number of carbonyl (C=O) groups is 1. The number of halogens is 2. The van der Waals surface area contributed by atoms with Gasteiger partial charge in [0.25, 0.3) is 11.5 Å². The molecule has 0 spiro atoms. The average Bonchev–Trinajstić information content (AvgIpc) is 3.26. The minimum Gasteiger partial charge on any atom is -0.483 e. The third-order valence-corrected chi connectivity index (χ3v) is 5.58. The topological polar surface area (TPSA) is 85.6 Å². The molecule has 2 heterocycles. The van der Waals surface area contributed by atoms with Crippen LogP contribution in [0.25, 0.3) is 11.0 Å². The fourth-order valence-corrected chi connectivity index (χ4v) is 3.93. The van der Waals surface area contributed by atoms with Gasteiger partial charge in [0, 0.05) is 20.7 Å². The number of hydrogen-bond donors (Lipinski definition) is 1. The van der Waals surface area contributed by atoms with E-state index in [2.05, 4.69) is 31.3 Å². The first kappa shape index (κ1) is 19.6. The molecule has 0 unspecified atom stereocenters. The third-order valence-electron chi connectivity index (χ3n) is 3.87. The van der Waals surface area contributed by atoms with E-state index in [4.69, 9.17) is 16.3 Å². The molecule has 4 rings (SSSR count). The van der Waals surface area contributed by atoms with Gasteiger partial charge in [-0.2, -0.15) is 9.61 Å². The van der Waals surface area contributed by atoms with E-state index in [0.29, 0.717) is 31.5 Å². The lowest BCUT2D eigenvalue weighted by Crippen LogP contribution is -2.24. The molecule has 0 aliphatic rings. The van der Waals surface area contributed by atoms with E-state index in [9.17, 15) is 9.59 Å². The molecule has 0 saturated heterocycles. The summed E-state index contributed by atoms with van der Waals surface area (Å²) in [5, 5.41) is 7.23. The molecule has 4 aromatic rings. The number of thiazole rings is 1. The van der Waals surface area contributed by atoms with Crippen LogP contribution in [-0.4, -0.2) is 27.1 Å². The van der Waals surface area contributed by atoms with Crippen molar-refractivity contribution in [3.05, 3.63) is 78.7 Å². The van der Waals surface area contributed by atoms with Gasteiger partial charge in [0.2, 0.25) is 4.96 Å². The summed E-state index contributed by atoms with van der Waals surface area (Å²) in [6.07, 6.45) is 3.03. The molecule has 2 aromatic heterocycles. The van der Waals surface area contributed by atoms with Crippen LogP contribution >= 0.6 is 38.9 Å². The van der Waals surface area contributed by atoms with Gasteiger partial charge in [-0.25, -0.2) is 4.98 Å². The highest BCUT2D eigenvalue weighted by molar-refractivity contribution is 9.10. The van der Waals surface area contributed by atoms with Crippen LogP contribution in [0.2, 0.25) is 5.02 Å². The molecule has 7 nitrogen and oxygen atoms in total. The quantitative estimate of drug-likeness (QED) is 0.464. The first-order valence-corrected chi connectivity index (χ1v) is 10.3. The highest BCUT2D eigenvalue weighted by Gasteiger charge is 2.10. The monoisotopic (exact) mass is 490 g/mol. The number of aromatic nitrogens is 3. The number of nitrogens with one attached hydrogen (secondary N) is 1. The molecule has 29 heavy (non-hydrogen) atoms. The summed E-state index contributed by atoms with van der Waals surface area (Å²) in [4.78, 5) is 29.1. The van der Waals surface area contributed by atoms with Gasteiger partial charge >= 0.3 is 0 Å². The summed E-state index contributed by atoms with van der Waals surface area (Å²) in [5.74, 6) is 0.155. The number of anilines is 1. The molecule has 0 aliphatic heterocycles. The summed E-state index contributed by atoms with van der Waals surface area (Å²) in [5.41, 5.74) is 1.02. The third kappa shape index (κ3) is 4.47. The molecule has 10 heteroatoms. The molecule has 0 aliphatic carbocycles. The lowest BCUT2D eigenvalue weighted by Gasteiger charge is -2.10. The van der Waals surface area contributed by atoms with Crippen LogP contribution in [0.15, 0.2) is 58.1 Å². The van der Waals surface area contributed by atoms with E-state index in [1.807, 2.05) is 6.07 Å². The molecular weight excluding hydrogens is 480 g/mol. The van der Waals surface area contributed by atoms with Crippen molar-refractivity contribution in [1.82, 2.24) is 14.6 Å². The second-order valence-electron chi connectivity index (χ2n) is 5.90. The van der Waals surface area contributed by atoms with Crippen LogP contribution in [0.5, 0.6) is 5.75 Å². The highest BCUT2D eigenvalue weighted by Crippen LogP contribution is 2.24. The maximum atomic E-state index is 12.4. The first-order chi connectivity index (χ1) is 14.0. The summed E-state index contributed by atoms with van der Waals surface area (Å²) in [7, 11) is 0. The molecule has 0 fully saturated rings. The van der Waals surface area contributed by atoms with Crippen molar-refractivity contribution in [1.29, 1.82) is 0 Å². The van der Waals surface area contributed by atoms with Crippen LogP contribution in [0.3, 0.4) is 0 Å². The fourth-order valence-electron chi connectivity index (χ4n) is 2.56. The maximum Gasteiger partial charge on any atom is 0.291 e. The number of amides is 1. The Kier molecular flexibility index (Phi) is 5.61. The van der Waals surface area contributed by atoms with Crippen LogP contribution in [-0.2, 0) is 4.79 Å². The Labute approximate surface area is 181 Å². The zero-order valence-corrected chi connectivity index (χ0v) is 17.8. The van der Waals surface area contributed by atoms with Crippen molar-refractivity contribution in [3.63, 3.8) is 0 Å². The zero-order valence-electron chi connectivity index (χ0n) is 14.6. The van der Waals surface area contributed by atoms with E-state index in [1.165, 1.54) is 22.2 Å². The Hall–Kier alpha value is -2.75. The lowest BCUT2D eigenvalue weighted by molar-refractivity contribution is -0.118. The van der Waals surface area contributed by atoms with Crippen molar-refractivity contribution in [2.75, 3.05) is 11.9 Å². The molecule has 1 amide bonds. The molecule has 0 bridgehead atoms. The minimum absolute atomic E-state index is 0.190. The Bertz CT molecular complexity index is 1300. The van der Waals surface area contributed by atoms with Gasteiger partial charge in [0.1, 0.15) is 12.1 Å². The van der Waals surface area contributed by atoms with E-state index in [0.717, 1.165) is 4.47 Å². The summed E-state index contributed by atoms with van der Waals surface area (Å²) in [6, 6.07) is 12.1. The van der Waals surface area contributed by atoms with Crippen LogP contribution < -0.4 is 20.1 Å². The van der Waals surface area contributed by atoms with Gasteiger partial charge < -0.3 is 10.1 Å². The number of rotatable bonds is 5. The van der Waals surface area contributed by atoms with Crippen LogP contribution in [0.1, 0.15) is 5.56 Å². The van der Waals surface area contributed by atoms with Gasteiger partial charge in [-0.1, -0.05) is 38.9 Å². The van der Waals surface area contributed by atoms with Gasteiger partial charge in [-0.3, -0.25) is 9.59 Å². The molecule has 0 saturated carbocycles.